The zero-order valence-electron chi connectivity index (χ0n) is 11.3. The van der Waals surface area contributed by atoms with Crippen LogP contribution in [0.25, 0.3) is 0 Å². The maximum Gasteiger partial charge on any atom is 0.235 e. The standard InChI is InChI=1S/C13H20N2O2S/c1-5-13(3,11(14)18)12(16)15(4)8-10-7-6-9(2)17-10/h6-7H,5,8H2,1-4H3,(H2,14,18). The molecule has 1 heterocycles. The molecule has 1 amide bonds. The number of carbonyl (C=O) groups is 1. The van der Waals surface area contributed by atoms with E-state index >= 15 is 0 Å². The molecular weight excluding hydrogens is 248 g/mol. The second-order valence-corrected chi connectivity index (χ2v) is 5.16. The van der Waals surface area contributed by atoms with Crippen LogP contribution in [0.2, 0.25) is 0 Å². The highest BCUT2D eigenvalue weighted by molar-refractivity contribution is 7.80. The van der Waals surface area contributed by atoms with Crippen LogP contribution in [0.4, 0.5) is 0 Å². The summed E-state index contributed by atoms with van der Waals surface area (Å²) in [6.07, 6.45) is 0.586. The SMILES string of the molecule is CCC(C)(C(=O)N(C)Cc1ccc(C)o1)C(N)=S. The van der Waals surface area contributed by atoms with E-state index in [-0.39, 0.29) is 10.9 Å². The minimum absolute atomic E-state index is 0.0773. The van der Waals surface area contributed by atoms with Crippen molar-refractivity contribution in [1.29, 1.82) is 0 Å². The maximum atomic E-state index is 12.4. The quantitative estimate of drug-likeness (QED) is 0.832. The molecular formula is C13H20N2O2S. The zero-order chi connectivity index (χ0) is 13.9. The van der Waals surface area contributed by atoms with Crippen LogP contribution in [0.5, 0.6) is 0 Å². The Kier molecular flexibility index (Phi) is 4.51. The molecule has 0 saturated heterocycles. The zero-order valence-corrected chi connectivity index (χ0v) is 12.1. The number of thiocarbonyl (C=S) groups is 1. The molecule has 0 radical (unpaired) electrons. The third kappa shape index (κ3) is 2.90. The maximum absolute atomic E-state index is 12.4. The van der Waals surface area contributed by atoms with Gasteiger partial charge >= 0.3 is 0 Å². The van der Waals surface area contributed by atoms with E-state index < -0.39 is 5.41 Å². The van der Waals surface area contributed by atoms with Crippen LogP contribution in [0.3, 0.4) is 0 Å². The molecule has 1 aromatic heterocycles. The van der Waals surface area contributed by atoms with Crippen LogP contribution in [-0.2, 0) is 11.3 Å². The largest absolute Gasteiger partial charge is 0.464 e. The summed E-state index contributed by atoms with van der Waals surface area (Å²) in [4.78, 5) is 14.2. The van der Waals surface area contributed by atoms with Crippen molar-refractivity contribution in [1.82, 2.24) is 4.90 Å². The van der Waals surface area contributed by atoms with Gasteiger partial charge in [-0.3, -0.25) is 4.79 Å². The Labute approximate surface area is 113 Å². The van der Waals surface area contributed by atoms with Crippen molar-refractivity contribution in [3.8, 4) is 0 Å². The first-order chi connectivity index (χ1) is 8.31. The number of rotatable bonds is 5. The van der Waals surface area contributed by atoms with Gasteiger partial charge in [0, 0.05) is 7.05 Å². The monoisotopic (exact) mass is 268 g/mol. The molecule has 0 aliphatic carbocycles. The number of hydrogen-bond donors (Lipinski definition) is 1. The normalized spacial score (nSPS) is 14.0. The fraction of sp³-hybridized carbons (Fsp3) is 0.538. The third-order valence-electron chi connectivity index (χ3n) is 3.26. The molecule has 1 atom stereocenters. The minimum atomic E-state index is -0.786. The molecule has 2 N–H and O–H groups in total. The Morgan fingerprint density at radius 2 is 2.17 bits per heavy atom. The summed E-state index contributed by atoms with van der Waals surface area (Å²) >= 11 is 5.00. The molecule has 4 nitrogen and oxygen atoms in total. The van der Waals surface area contributed by atoms with Gasteiger partial charge in [-0.15, -0.1) is 0 Å². The number of amides is 1. The summed E-state index contributed by atoms with van der Waals surface area (Å²) in [7, 11) is 1.73. The van der Waals surface area contributed by atoms with Gasteiger partial charge in [0.05, 0.1) is 16.9 Å². The number of nitrogens with two attached hydrogens (primary N) is 1. The summed E-state index contributed by atoms with van der Waals surface area (Å²) in [6.45, 7) is 5.98. The topological polar surface area (TPSA) is 59.5 Å². The van der Waals surface area contributed by atoms with Gasteiger partial charge in [-0.05, 0) is 32.4 Å². The van der Waals surface area contributed by atoms with E-state index in [1.165, 1.54) is 0 Å². The van der Waals surface area contributed by atoms with Crippen LogP contribution < -0.4 is 5.73 Å². The number of aryl methyl sites for hydroxylation is 1. The van der Waals surface area contributed by atoms with Crippen LogP contribution in [0.15, 0.2) is 16.5 Å². The van der Waals surface area contributed by atoms with E-state index in [1.54, 1.807) is 18.9 Å². The van der Waals surface area contributed by atoms with Crippen molar-refractivity contribution in [3.05, 3.63) is 23.7 Å². The Morgan fingerprint density at radius 1 is 1.56 bits per heavy atom. The lowest BCUT2D eigenvalue weighted by atomic mass is 9.86. The van der Waals surface area contributed by atoms with E-state index in [0.717, 1.165) is 11.5 Å². The van der Waals surface area contributed by atoms with Crippen molar-refractivity contribution in [2.24, 2.45) is 11.1 Å². The third-order valence-corrected chi connectivity index (χ3v) is 3.71. The van der Waals surface area contributed by atoms with Crippen molar-refractivity contribution < 1.29 is 9.21 Å². The van der Waals surface area contributed by atoms with Crippen LogP contribution in [0, 0.1) is 12.3 Å². The molecule has 0 saturated carbocycles. The first-order valence-corrected chi connectivity index (χ1v) is 6.33. The van der Waals surface area contributed by atoms with E-state index in [2.05, 4.69) is 0 Å². The number of hydrogen-bond acceptors (Lipinski definition) is 3. The first kappa shape index (κ1) is 14.7. The fourth-order valence-electron chi connectivity index (χ4n) is 1.73. The predicted octanol–water partition coefficient (Wildman–Crippen LogP) is 2.25. The van der Waals surface area contributed by atoms with Gasteiger partial charge in [-0.2, -0.15) is 0 Å². The van der Waals surface area contributed by atoms with E-state index in [4.69, 9.17) is 22.4 Å². The van der Waals surface area contributed by atoms with Gasteiger partial charge < -0.3 is 15.1 Å². The fourth-order valence-corrected chi connectivity index (χ4v) is 1.96. The lowest BCUT2D eigenvalue weighted by molar-refractivity contribution is -0.137. The van der Waals surface area contributed by atoms with Crippen molar-refractivity contribution in [2.75, 3.05) is 7.05 Å². The molecule has 0 bridgehead atoms. The Bertz CT molecular complexity index is 456. The molecule has 1 rings (SSSR count). The molecule has 5 heteroatoms. The second-order valence-electron chi connectivity index (χ2n) is 4.72. The van der Waals surface area contributed by atoms with E-state index in [0.29, 0.717) is 13.0 Å². The Hall–Kier alpha value is -1.36. The van der Waals surface area contributed by atoms with Gasteiger partial charge in [0.25, 0.3) is 0 Å². The molecule has 1 aromatic rings. The number of furan rings is 1. The lowest BCUT2D eigenvalue weighted by Crippen LogP contribution is -2.46. The molecule has 100 valence electrons. The molecule has 0 spiro atoms. The Morgan fingerprint density at radius 3 is 2.56 bits per heavy atom. The summed E-state index contributed by atoms with van der Waals surface area (Å²) in [6, 6.07) is 3.74. The molecule has 0 fully saturated rings. The lowest BCUT2D eigenvalue weighted by Gasteiger charge is -2.30. The molecule has 18 heavy (non-hydrogen) atoms. The molecule has 1 unspecified atom stereocenters. The average Bonchev–Trinajstić information content (AvgIpc) is 2.72. The Balaban J connectivity index is 2.80. The number of nitrogens with zero attached hydrogens (tertiary/aromatic N) is 1. The van der Waals surface area contributed by atoms with Gasteiger partial charge in [0.15, 0.2) is 0 Å². The van der Waals surface area contributed by atoms with Crippen LogP contribution in [-0.4, -0.2) is 22.8 Å². The highest BCUT2D eigenvalue weighted by Crippen LogP contribution is 2.25. The highest BCUT2D eigenvalue weighted by atomic mass is 32.1. The van der Waals surface area contributed by atoms with Crippen molar-refractivity contribution in [3.63, 3.8) is 0 Å². The van der Waals surface area contributed by atoms with Gasteiger partial charge in [-0.25, -0.2) is 0 Å². The second kappa shape index (κ2) is 5.52. The highest BCUT2D eigenvalue weighted by Gasteiger charge is 2.36. The van der Waals surface area contributed by atoms with E-state index in [1.807, 2.05) is 26.0 Å². The average molecular weight is 268 g/mol. The first-order valence-electron chi connectivity index (χ1n) is 5.92. The molecule has 0 aliphatic heterocycles. The minimum Gasteiger partial charge on any atom is -0.464 e. The number of carbonyl (C=O) groups excluding carboxylic acids is 1. The van der Waals surface area contributed by atoms with Crippen LogP contribution >= 0.6 is 12.2 Å². The van der Waals surface area contributed by atoms with Gasteiger partial charge in [0.1, 0.15) is 11.5 Å². The van der Waals surface area contributed by atoms with Crippen molar-refractivity contribution >= 4 is 23.1 Å². The van der Waals surface area contributed by atoms with Crippen LogP contribution in [0.1, 0.15) is 31.8 Å². The van der Waals surface area contributed by atoms with Gasteiger partial charge in [0.2, 0.25) is 5.91 Å². The summed E-state index contributed by atoms with van der Waals surface area (Å²) in [5.41, 5.74) is 4.89. The molecule has 0 aromatic carbocycles. The van der Waals surface area contributed by atoms with E-state index in [9.17, 15) is 4.79 Å². The van der Waals surface area contributed by atoms with Crippen molar-refractivity contribution in [2.45, 2.75) is 33.7 Å². The van der Waals surface area contributed by atoms with Gasteiger partial charge in [-0.1, -0.05) is 19.1 Å². The summed E-state index contributed by atoms with van der Waals surface area (Å²) in [5, 5.41) is 0. The smallest absolute Gasteiger partial charge is 0.235 e. The predicted molar refractivity (Wildman–Crippen MR) is 75.1 cm³/mol. The molecule has 0 aliphatic rings. The summed E-state index contributed by atoms with van der Waals surface area (Å²) < 4.78 is 5.45. The summed E-state index contributed by atoms with van der Waals surface area (Å²) in [5.74, 6) is 1.51.